The first-order valence-electron chi connectivity index (χ1n) is 6.25. The lowest BCUT2D eigenvalue weighted by atomic mass is 10.4. The van der Waals surface area contributed by atoms with Crippen molar-refractivity contribution in [2.24, 2.45) is 0 Å². The molecular weight excluding hydrogens is 280 g/mol. The Morgan fingerprint density at radius 3 is 2.79 bits per heavy atom. The van der Waals surface area contributed by atoms with Gasteiger partial charge in [-0.2, -0.15) is 0 Å². The van der Waals surface area contributed by atoms with E-state index in [-0.39, 0.29) is 11.0 Å². The first kappa shape index (κ1) is 14.4. The van der Waals surface area contributed by atoms with Crippen molar-refractivity contribution >= 4 is 22.7 Å². The lowest BCUT2D eigenvalue weighted by molar-refractivity contribution is 0.0761. The van der Waals surface area contributed by atoms with Gasteiger partial charge < -0.3 is 4.74 Å². The van der Waals surface area contributed by atoms with E-state index in [1.165, 1.54) is 11.3 Å². The van der Waals surface area contributed by atoms with Crippen LogP contribution >= 0.6 is 22.7 Å². The second kappa shape index (κ2) is 5.98. The zero-order chi connectivity index (χ0) is 14.0. The molecular formula is C13H18N2O2S2. The van der Waals surface area contributed by atoms with Crippen LogP contribution in [0, 0.1) is 13.8 Å². The zero-order valence-electron chi connectivity index (χ0n) is 11.6. The Labute approximate surface area is 120 Å². The molecule has 0 N–H and O–H groups in total. The van der Waals surface area contributed by atoms with Crippen LogP contribution in [0.25, 0.3) is 0 Å². The lowest BCUT2D eigenvalue weighted by Crippen LogP contribution is -2.15. The van der Waals surface area contributed by atoms with Crippen LogP contribution in [0.2, 0.25) is 0 Å². The summed E-state index contributed by atoms with van der Waals surface area (Å²) in [6, 6.07) is 0. The van der Waals surface area contributed by atoms with Crippen LogP contribution in [0.15, 0.2) is 10.2 Å². The topological polar surface area (TPSA) is 44.1 Å². The number of thiazole rings is 2. The van der Waals surface area contributed by atoms with Crippen LogP contribution in [0.5, 0.6) is 0 Å². The molecule has 1 unspecified atom stereocenters. The lowest BCUT2D eigenvalue weighted by Gasteiger charge is -2.07. The van der Waals surface area contributed by atoms with Gasteiger partial charge in [-0.25, -0.2) is 4.98 Å². The first-order chi connectivity index (χ1) is 9.02. The van der Waals surface area contributed by atoms with E-state index in [4.69, 9.17) is 4.74 Å². The van der Waals surface area contributed by atoms with Crippen molar-refractivity contribution in [2.75, 3.05) is 6.61 Å². The third kappa shape index (κ3) is 3.13. The SMILES string of the molecule is CCOC(C)c1nc(Cn2c(C)c(C)sc2=O)cs1. The van der Waals surface area contributed by atoms with Crippen LogP contribution in [0.4, 0.5) is 0 Å². The molecule has 0 saturated carbocycles. The fourth-order valence-electron chi connectivity index (χ4n) is 1.84. The number of nitrogens with zero attached hydrogens (tertiary/aromatic N) is 2. The molecule has 0 amide bonds. The summed E-state index contributed by atoms with van der Waals surface area (Å²) in [6.45, 7) is 9.15. The predicted molar refractivity (Wildman–Crippen MR) is 79.3 cm³/mol. The molecule has 6 heteroatoms. The average Bonchev–Trinajstić information content (AvgIpc) is 2.91. The summed E-state index contributed by atoms with van der Waals surface area (Å²) in [7, 11) is 0. The van der Waals surface area contributed by atoms with Crippen molar-refractivity contribution in [3.05, 3.63) is 36.3 Å². The first-order valence-corrected chi connectivity index (χ1v) is 7.95. The molecule has 1 atom stereocenters. The van der Waals surface area contributed by atoms with E-state index in [0.717, 1.165) is 21.3 Å². The normalized spacial score (nSPS) is 12.8. The Morgan fingerprint density at radius 1 is 1.47 bits per heavy atom. The highest BCUT2D eigenvalue weighted by atomic mass is 32.1. The monoisotopic (exact) mass is 298 g/mol. The quantitative estimate of drug-likeness (QED) is 0.852. The molecule has 2 aromatic heterocycles. The fraction of sp³-hybridized carbons (Fsp3) is 0.538. The molecule has 0 bridgehead atoms. The van der Waals surface area contributed by atoms with Crippen molar-refractivity contribution in [3.63, 3.8) is 0 Å². The summed E-state index contributed by atoms with van der Waals surface area (Å²) in [6.07, 6.45) is 0.0192. The van der Waals surface area contributed by atoms with Gasteiger partial charge in [0.2, 0.25) is 0 Å². The zero-order valence-corrected chi connectivity index (χ0v) is 13.2. The Hall–Kier alpha value is -0.980. The summed E-state index contributed by atoms with van der Waals surface area (Å²) in [5.74, 6) is 0. The van der Waals surface area contributed by atoms with Crippen LogP contribution in [-0.2, 0) is 11.3 Å². The maximum absolute atomic E-state index is 11.8. The molecule has 2 rings (SSSR count). The summed E-state index contributed by atoms with van der Waals surface area (Å²) < 4.78 is 7.31. The van der Waals surface area contributed by atoms with Crippen molar-refractivity contribution in [1.82, 2.24) is 9.55 Å². The summed E-state index contributed by atoms with van der Waals surface area (Å²) >= 11 is 2.88. The van der Waals surface area contributed by atoms with Crippen LogP contribution < -0.4 is 4.87 Å². The summed E-state index contributed by atoms with van der Waals surface area (Å²) in [4.78, 5) is 17.6. The number of ether oxygens (including phenoxy) is 1. The maximum Gasteiger partial charge on any atom is 0.307 e. The van der Waals surface area contributed by atoms with Gasteiger partial charge in [0.05, 0.1) is 12.2 Å². The van der Waals surface area contributed by atoms with Gasteiger partial charge >= 0.3 is 4.87 Å². The molecule has 104 valence electrons. The molecule has 0 aliphatic rings. The molecule has 0 fully saturated rings. The Kier molecular flexibility index (Phi) is 4.54. The molecule has 0 aromatic carbocycles. The number of hydrogen-bond donors (Lipinski definition) is 0. The second-order valence-corrected chi connectivity index (χ2v) is 6.43. The predicted octanol–water partition coefficient (Wildman–Crippen LogP) is 3.13. The minimum absolute atomic E-state index is 0.0192. The van der Waals surface area contributed by atoms with Gasteiger partial charge in [0.15, 0.2) is 0 Å². The van der Waals surface area contributed by atoms with E-state index in [9.17, 15) is 4.79 Å². The Morgan fingerprint density at radius 2 is 2.21 bits per heavy atom. The maximum atomic E-state index is 11.8. The van der Waals surface area contributed by atoms with Crippen LogP contribution in [-0.4, -0.2) is 16.2 Å². The van der Waals surface area contributed by atoms with Crippen molar-refractivity contribution in [2.45, 2.75) is 40.3 Å². The summed E-state index contributed by atoms with van der Waals surface area (Å²) in [5.41, 5.74) is 1.96. The van der Waals surface area contributed by atoms with E-state index < -0.39 is 0 Å². The van der Waals surface area contributed by atoms with E-state index in [1.807, 2.05) is 33.1 Å². The second-order valence-electron chi connectivity index (χ2n) is 4.37. The Bertz CT molecular complexity index is 612. The minimum Gasteiger partial charge on any atom is -0.372 e. The third-order valence-corrected chi connectivity index (χ3v) is 5.08. The fourth-order valence-corrected chi connectivity index (χ4v) is 3.48. The van der Waals surface area contributed by atoms with Gasteiger partial charge in [0, 0.05) is 22.6 Å². The number of aryl methyl sites for hydroxylation is 1. The standard InChI is InChI=1S/C13H18N2O2S2/c1-5-17-9(3)12-14-11(7-18-12)6-15-8(2)10(4)19-13(15)16/h7,9H,5-6H2,1-4H3. The summed E-state index contributed by atoms with van der Waals surface area (Å²) in [5, 5.41) is 2.97. The van der Waals surface area contributed by atoms with E-state index in [0.29, 0.717) is 13.2 Å². The average molecular weight is 298 g/mol. The molecule has 0 saturated heterocycles. The van der Waals surface area contributed by atoms with E-state index in [1.54, 1.807) is 15.9 Å². The number of hydrogen-bond acceptors (Lipinski definition) is 5. The van der Waals surface area contributed by atoms with Crippen molar-refractivity contribution in [3.8, 4) is 0 Å². The molecule has 4 nitrogen and oxygen atoms in total. The Balaban J connectivity index is 2.18. The molecule has 19 heavy (non-hydrogen) atoms. The van der Waals surface area contributed by atoms with Crippen LogP contribution in [0.3, 0.4) is 0 Å². The highest BCUT2D eigenvalue weighted by Gasteiger charge is 2.13. The molecule has 2 heterocycles. The molecule has 0 spiro atoms. The smallest absolute Gasteiger partial charge is 0.307 e. The minimum atomic E-state index is 0.0192. The van der Waals surface area contributed by atoms with Crippen molar-refractivity contribution in [1.29, 1.82) is 0 Å². The van der Waals surface area contributed by atoms with Gasteiger partial charge in [0.1, 0.15) is 11.1 Å². The van der Waals surface area contributed by atoms with Gasteiger partial charge in [-0.1, -0.05) is 11.3 Å². The van der Waals surface area contributed by atoms with Gasteiger partial charge in [-0.05, 0) is 27.7 Å². The highest BCUT2D eigenvalue weighted by molar-refractivity contribution is 7.09. The largest absolute Gasteiger partial charge is 0.372 e. The molecule has 0 aliphatic heterocycles. The molecule has 2 aromatic rings. The third-order valence-electron chi connectivity index (χ3n) is 3.03. The number of rotatable bonds is 5. The van der Waals surface area contributed by atoms with Crippen LogP contribution in [0.1, 0.15) is 41.2 Å². The van der Waals surface area contributed by atoms with Gasteiger partial charge in [-0.15, -0.1) is 11.3 Å². The van der Waals surface area contributed by atoms with Gasteiger partial charge in [-0.3, -0.25) is 9.36 Å². The van der Waals surface area contributed by atoms with Gasteiger partial charge in [0.25, 0.3) is 0 Å². The molecule has 0 radical (unpaired) electrons. The van der Waals surface area contributed by atoms with Crippen molar-refractivity contribution < 1.29 is 4.74 Å². The highest BCUT2D eigenvalue weighted by Crippen LogP contribution is 2.22. The number of aromatic nitrogens is 2. The molecule has 0 aliphatic carbocycles. The van der Waals surface area contributed by atoms with E-state index in [2.05, 4.69) is 4.98 Å². The van der Waals surface area contributed by atoms with E-state index >= 15 is 0 Å².